The van der Waals surface area contributed by atoms with Crippen molar-refractivity contribution in [3.05, 3.63) is 29.5 Å². The van der Waals surface area contributed by atoms with E-state index in [0.717, 1.165) is 22.2 Å². The van der Waals surface area contributed by atoms with Crippen molar-refractivity contribution in [1.82, 2.24) is 13.8 Å². The number of benzene rings is 1. The average Bonchev–Trinajstić information content (AvgIpc) is 3.07. The molecule has 0 saturated carbocycles. The Labute approximate surface area is 188 Å². The summed E-state index contributed by atoms with van der Waals surface area (Å²) in [6.45, 7) is 1.05. The van der Waals surface area contributed by atoms with Gasteiger partial charge in [0.15, 0.2) is 0 Å². The summed E-state index contributed by atoms with van der Waals surface area (Å²) in [5, 5.41) is 11.3. The molecule has 176 valence electrons. The molecule has 0 unspecified atom stereocenters. The lowest BCUT2D eigenvalue weighted by Crippen LogP contribution is -2.56. The van der Waals surface area contributed by atoms with Crippen LogP contribution in [0.25, 0.3) is 10.9 Å². The fourth-order valence-electron chi connectivity index (χ4n) is 5.47. The molecule has 4 rings (SSSR count). The summed E-state index contributed by atoms with van der Waals surface area (Å²) in [5.74, 6) is 0.652. The number of methoxy groups -OCH3 is 2. The quantitative estimate of drug-likeness (QED) is 0.707. The first kappa shape index (κ1) is 23.0. The molecular formula is C22H31N3O6S. The van der Waals surface area contributed by atoms with Gasteiger partial charge in [-0.2, -0.15) is 4.31 Å². The summed E-state index contributed by atoms with van der Waals surface area (Å²) in [6.07, 6.45) is 2.45. The molecule has 0 radical (unpaired) electrons. The summed E-state index contributed by atoms with van der Waals surface area (Å²) >= 11 is 0. The lowest BCUT2D eigenvalue weighted by molar-refractivity contribution is -0.136. The molecule has 1 N–H and O–H groups in total. The van der Waals surface area contributed by atoms with E-state index >= 15 is 0 Å². The predicted octanol–water partition coefficient (Wildman–Crippen LogP) is 1.00. The molecule has 1 atom stereocenters. The Morgan fingerprint density at radius 1 is 1.25 bits per heavy atom. The van der Waals surface area contributed by atoms with Crippen LogP contribution in [0.5, 0.6) is 5.75 Å². The Morgan fingerprint density at radius 3 is 2.50 bits per heavy atom. The molecule has 0 bridgehead atoms. The number of hydrogen-bond donors (Lipinski definition) is 1. The Kier molecular flexibility index (Phi) is 6.00. The number of rotatable bonds is 5. The van der Waals surface area contributed by atoms with E-state index in [1.165, 1.54) is 17.7 Å². The Bertz CT molecular complexity index is 1130. The van der Waals surface area contributed by atoms with Crippen LogP contribution in [0.3, 0.4) is 0 Å². The zero-order chi connectivity index (χ0) is 23.3. The third-order valence-corrected chi connectivity index (χ3v) is 8.28. The van der Waals surface area contributed by atoms with Gasteiger partial charge in [0.05, 0.1) is 31.5 Å². The molecule has 2 aliphatic heterocycles. The number of nitrogens with zero attached hydrogens (tertiary/aromatic N) is 3. The molecular weight excluding hydrogens is 434 g/mol. The number of carbonyl (C=O) groups is 1. The maximum absolute atomic E-state index is 12.8. The number of likely N-dealkylation sites (tertiary alicyclic amines) is 1. The van der Waals surface area contributed by atoms with Crippen LogP contribution in [-0.2, 0) is 32.0 Å². The van der Waals surface area contributed by atoms with E-state index in [9.17, 15) is 18.3 Å². The summed E-state index contributed by atoms with van der Waals surface area (Å²) in [4.78, 5) is 14.2. The fourth-order valence-corrected chi connectivity index (χ4v) is 6.58. The van der Waals surface area contributed by atoms with Crippen molar-refractivity contribution in [3.8, 4) is 5.75 Å². The van der Waals surface area contributed by atoms with Gasteiger partial charge in [0.25, 0.3) is 0 Å². The van der Waals surface area contributed by atoms with E-state index in [1.807, 2.05) is 29.8 Å². The van der Waals surface area contributed by atoms with Crippen LogP contribution in [-0.4, -0.2) is 86.5 Å². The van der Waals surface area contributed by atoms with Gasteiger partial charge in [-0.25, -0.2) is 8.42 Å². The van der Waals surface area contributed by atoms with Crippen molar-refractivity contribution in [2.45, 2.75) is 24.3 Å². The molecule has 2 aromatic rings. The zero-order valence-corrected chi connectivity index (χ0v) is 19.8. The number of amides is 1. The molecule has 2 aliphatic rings. The van der Waals surface area contributed by atoms with E-state index in [2.05, 4.69) is 0 Å². The topological polar surface area (TPSA) is 101 Å². The monoisotopic (exact) mass is 465 g/mol. The third-order valence-electron chi connectivity index (χ3n) is 7.05. The first-order valence-corrected chi connectivity index (χ1v) is 12.5. The molecule has 1 spiro atoms. The minimum atomic E-state index is -3.58. The fraction of sp³-hybridized carbons (Fsp3) is 0.591. The number of aryl methyl sites for hydroxylation is 1. The predicted molar refractivity (Wildman–Crippen MR) is 120 cm³/mol. The van der Waals surface area contributed by atoms with Crippen molar-refractivity contribution in [2.75, 3.05) is 53.3 Å². The third kappa shape index (κ3) is 3.59. The highest BCUT2D eigenvalue weighted by Crippen LogP contribution is 2.50. The van der Waals surface area contributed by atoms with Crippen molar-refractivity contribution in [2.24, 2.45) is 7.05 Å². The van der Waals surface area contributed by atoms with Crippen molar-refractivity contribution >= 4 is 26.8 Å². The first-order chi connectivity index (χ1) is 15.2. The van der Waals surface area contributed by atoms with Crippen LogP contribution in [0.15, 0.2) is 18.2 Å². The van der Waals surface area contributed by atoms with Crippen molar-refractivity contribution in [3.63, 3.8) is 0 Å². The van der Waals surface area contributed by atoms with Crippen LogP contribution < -0.4 is 4.74 Å². The second-order valence-electron chi connectivity index (χ2n) is 8.80. The highest BCUT2D eigenvalue weighted by Gasteiger charge is 2.50. The second kappa shape index (κ2) is 8.33. The van der Waals surface area contributed by atoms with Crippen molar-refractivity contribution < 1.29 is 27.8 Å². The molecule has 1 aromatic carbocycles. The highest BCUT2D eigenvalue weighted by atomic mass is 32.2. The van der Waals surface area contributed by atoms with Gasteiger partial charge < -0.3 is 24.0 Å². The lowest BCUT2D eigenvalue weighted by atomic mass is 9.69. The van der Waals surface area contributed by atoms with Crippen LogP contribution in [0.2, 0.25) is 0 Å². The van der Waals surface area contributed by atoms with Crippen LogP contribution in [0.1, 0.15) is 30.1 Å². The van der Waals surface area contributed by atoms with Gasteiger partial charge in [-0.15, -0.1) is 0 Å². The van der Waals surface area contributed by atoms with Crippen LogP contribution >= 0.6 is 0 Å². The van der Waals surface area contributed by atoms with Crippen LogP contribution in [0.4, 0.5) is 0 Å². The summed E-state index contributed by atoms with van der Waals surface area (Å²) in [6, 6.07) is 5.20. The number of ether oxygens (including phenoxy) is 2. The minimum absolute atomic E-state index is 0.0361. The van der Waals surface area contributed by atoms with E-state index in [-0.39, 0.29) is 25.7 Å². The van der Waals surface area contributed by atoms with Crippen molar-refractivity contribution in [1.29, 1.82) is 0 Å². The molecule has 1 amide bonds. The molecule has 9 nitrogen and oxygen atoms in total. The standard InChI is InChI=1S/C22H31N3O6S/c1-23-17-11-15(31-3)5-6-16(17)20-21(23)18(12-26)25(32(4,28)29)14-22(20)7-9-24(10-8-22)19(27)13-30-2/h5-6,11,18,26H,7-10,12-14H2,1-4H3/t18-/m0/s1. The maximum Gasteiger partial charge on any atom is 0.248 e. The lowest BCUT2D eigenvalue weighted by Gasteiger charge is -2.49. The smallest absolute Gasteiger partial charge is 0.248 e. The number of aromatic nitrogens is 1. The normalized spacial score (nSPS) is 21.2. The van der Waals surface area contributed by atoms with Gasteiger partial charge >= 0.3 is 0 Å². The Balaban J connectivity index is 1.89. The summed E-state index contributed by atoms with van der Waals surface area (Å²) in [7, 11) is 1.44. The van der Waals surface area contributed by atoms with E-state index in [4.69, 9.17) is 9.47 Å². The molecule has 1 aromatic heterocycles. The first-order valence-electron chi connectivity index (χ1n) is 10.7. The molecule has 1 fully saturated rings. The van der Waals surface area contributed by atoms with Gasteiger partial charge in [0.1, 0.15) is 12.4 Å². The van der Waals surface area contributed by atoms with Gasteiger partial charge in [-0.05, 0) is 30.5 Å². The second-order valence-corrected chi connectivity index (χ2v) is 10.7. The highest BCUT2D eigenvalue weighted by molar-refractivity contribution is 7.88. The number of sulfonamides is 1. The SMILES string of the molecule is COCC(=O)N1CCC2(CC1)CN(S(C)(=O)=O)[C@@H](CO)c1c2c2ccc(OC)cc2n1C. The molecule has 1 saturated heterocycles. The number of piperidine rings is 1. The summed E-state index contributed by atoms with van der Waals surface area (Å²) in [5.41, 5.74) is 2.36. The Hall–Kier alpha value is -2.14. The van der Waals surface area contributed by atoms with E-state index < -0.39 is 21.5 Å². The largest absolute Gasteiger partial charge is 0.497 e. The molecule has 3 heterocycles. The van der Waals surface area contributed by atoms with Gasteiger partial charge in [0.2, 0.25) is 15.9 Å². The molecule has 0 aliphatic carbocycles. The average molecular weight is 466 g/mol. The molecule has 32 heavy (non-hydrogen) atoms. The number of fused-ring (bicyclic) bond motifs is 4. The maximum atomic E-state index is 12.8. The number of aliphatic hydroxyl groups excluding tert-OH is 1. The Morgan fingerprint density at radius 2 is 1.94 bits per heavy atom. The van der Waals surface area contributed by atoms with Gasteiger partial charge in [-0.1, -0.05) is 0 Å². The minimum Gasteiger partial charge on any atom is -0.497 e. The van der Waals surface area contributed by atoms with Gasteiger partial charge in [0, 0.05) is 56.4 Å². The molecule has 10 heteroatoms. The number of carbonyl (C=O) groups excluding carboxylic acids is 1. The van der Waals surface area contributed by atoms with E-state index in [1.54, 1.807) is 12.0 Å². The van der Waals surface area contributed by atoms with E-state index in [0.29, 0.717) is 31.7 Å². The summed E-state index contributed by atoms with van der Waals surface area (Å²) < 4.78 is 39.4. The number of aliphatic hydroxyl groups is 1. The number of hydrogen-bond acceptors (Lipinski definition) is 6. The zero-order valence-electron chi connectivity index (χ0n) is 19.0. The van der Waals surface area contributed by atoms with Crippen LogP contribution in [0, 0.1) is 0 Å². The van der Waals surface area contributed by atoms with Gasteiger partial charge in [-0.3, -0.25) is 4.79 Å².